The SMILES string of the molecule is [O]C(=O)C=CCc1ccc(C(=O)c2ccccc2)cc1. The van der Waals surface area contributed by atoms with Crippen LogP contribution in [-0.2, 0) is 16.3 Å². The molecule has 0 heterocycles. The van der Waals surface area contributed by atoms with Gasteiger partial charge in [0, 0.05) is 17.2 Å². The van der Waals surface area contributed by atoms with Crippen LogP contribution < -0.4 is 0 Å². The minimum atomic E-state index is -1.21. The van der Waals surface area contributed by atoms with Gasteiger partial charge in [0.05, 0.1) is 0 Å². The first-order chi connectivity index (χ1) is 9.66. The third kappa shape index (κ3) is 3.65. The molecule has 0 atom stereocenters. The Morgan fingerprint density at radius 2 is 1.45 bits per heavy atom. The average molecular weight is 265 g/mol. The van der Waals surface area contributed by atoms with Gasteiger partial charge in [-0.3, -0.25) is 4.79 Å². The van der Waals surface area contributed by atoms with Crippen molar-refractivity contribution < 1.29 is 14.7 Å². The van der Waals surface area contributed by atoms with Crippen LogP contribution in [0, 0.1) is 0 Å². The summed E-state index contributed by atoms with van der Waals surface area (Å²) in [6, 6.07) is 16.2. The molecule has 0 fully saturated rings. The highest BCUT2D eigenvalue weighted by atomic mass is 16.4. The molecule has 1 radical (unpaired) electrons. The quantitative estimate of drug-likeness (QED) is 0.616. The number of hydrogen-bond acceptors (Lipinski definition) is 2. The minimum absolute atomic E-state index is 0.0255. The molecule has 3 nitrogen and oxygen atoms in total. The predicted octanol–water partition coefficient (Wildman–Crippen LogP) is 2.97. The van der Waals surface area contributed by atoms with Crippen LogP contribution in [0.1, 0.15) is 21.5 Å². The highest BCUT2D eigenvalue weighted by Crippen LogP contribution is 2.11. The molecular formula is C17H13O3. The Labute approximate surface area is 117 Å². The summed E-state index contributed by atoms with van der Waals surface area (Å²) in [7, 11) is 0. The molecule has 2 aromatic carbocycles. The lowest BCUT2D eigenvalue weighted by Crippen LogP contribution is -2.00. The largest absolute Gasteiger partial charge is 0.378 e. The Hall–Kier alpha value is -2.68. The maximum atomic E-state index is 12.2. The summed E-state index contributed by atoms with van der Waals surface area (Å²) in [6.07, 6.45) is 3.01. The van der Waals surface area contributed by atoms with E-state index < -0.39 is 5.97 Å². The lowest BCUT2D eigenvalue weighted by atomic mass is 10.0. The Bertz CT molecular complexity index is 625. The monoisotopic (exact) mass is 265 g/mol. The summed E-state index contributed by atoms with van der Waals surface area (Å²) in [5.41, 5.74) is 2.20. The lowest BCUT2D eigenvalue weighted by molar-refractivity contribution is -0.137. The zero-order chi connectivity index (χ0) is 14.4. The van der Waals surface area contributed by atoms with E-state index >= 15 is 0 Å². The molecule has 0 aliphatic heterocycles. The molecule has 0 saturated heterocycles. The third-order valence-electron chi connectivity index (χ3n) is 2.86. The van der Waals surface area contributed by atoms with Crippen molar-refractivity contribution in [3.8, 4) is 0 Å². The zero-order valence-corrected chi connectivity index (χ0v) is 10.8. The highest BCUT2D eigenvalue weighted by molar-refractivity contribution is 6.08. The van der Waals surface area contributed by atoms with E-state index in [9.17, 15) is 14.7 Å². The van der Waals surface area contributed by atoms with Gasteiger partial charge in [-0.15, -0.1) is 0 Å². The van der Waals surface area contributed by atoms with Gasteiger partial charge in [0.2, 0.25) is 0 Å². The van der Waals surface area contributed by atoms with Crippen LogP contribution in [0.4, 0.5) is 0 Å². The third-order valence-corrected chi connectivity index (χ3v) is 2.86. The highest BCUT2D eigenvalue weighted by Gasteiger charge is 2.07. The first kappa shape index (κ1) is 13.7. The van der Waals surface area contributed by atoms with Gasteiger partial charge in [0.15, 0.2) is 5.78 Å². The normalized spacial score (nSPS) is 10.6. The van der Waals surface area contributed by atoms with Crippen LogP contribution in [0.2, 0.25) is 0 Å². The Morgan fingerprint density at radius 1 is 0.850 bits per heavy atom. The summed E-state index contributed by atoms with van der Waals surface area (Å²) in [4.78, 5) is 22.4. The fourth-order valence-electron chi connectivity index (χ4n) is 1.84. The molecule has 0 aliphatic rings. The van der Waals surface area contributed by atoms with Gasteiger partial charge in [0.1, 0.15) is 0 Å². The molecule has 2 aromatic rings. The van der Waals surface area contributed by atoms with Crippen LogP contribution in [0.15, 0.2) is 66.7 Å². The van der Waals surface area contributed by atoms with Crippen molar-refractivity contribution in [3.63, 3.8) is 0 Å². The number of hydrogen-bond donors (Lipinski definition) is 0. The van der Waals surface area contributed by atoms with E-state index in [2.05, 4.69) is 0 Å². The maximum absolute atomic E-state index is 12.2. The topological polar surface area (TPSA) is 54.0 Å². The smallest absolute Gasteiger partial charge is 0.289 e. The molecule has 0 N–H and O–H groups in total. The van der Waals surface area contributed by atoms with Crippen LogP contribution in [0.25, 0.3) is 0 Å². The minimum Gasteiger partial charge on any atom is -0.289 e. The fraction of sp³-hybridized carbons (Fsp3) is 0.0588. The number of allylic oxidation sites excluding steroid dienone is 1. The lowest BCUT2D eigenvalue weighted by Gasteiger charge is -2.02. The second-order valence-corrected chi connectivity index (χ2v) is 4.32. The molecule has 0 aliphatic carbocycles. The van der Waals surface area contributed by atoms with E-state index in [0.29, 0.717) is 17.5 Å². The van der Waals surface area contributed by atoms with Crippen molar-refractivity contribution in [3.05, 3.63) is 83.4 Å². The predicted molar refractivity (Wildman–Crippen MR) is 74.9 cm³/mol. The van der Waals surface area contributed by atoms with Crippen molar-refractivity contribution in [2.75, 3.05) is 0 Å². The van der Waals surface area contributed by atoms with Gasteiger partial charge in [-0.2, -0.15) is 0 Å². The van der Waals surface area contributed by atoms with Crippen LogP contribution in [-0.4, -0.2) is 11.8 Å². The number of benzene rings is 2. The molecule has 0 spiro atoms. The van der Waals surface area contributed by atoms with Crippen molar-refractivity contribution in [1.82, 2.24) is 0 Å². The second-order valence-electron chi connectivity index (χ2n) is 4.32. The second kappa shape index (κ2) is 6.48. The van der Waals surface area contributed by atoms with E-state index in [1.807, 2.05) is 30.3 Å². The Kier molecular flexibility index (Phi) is 4.45. The standard InChI is InChI=1S/C17H13O3/c18-16(19)8-4-5-13-9-11-15(12-10-13)17(20)14-6-2-1-3-7-14/h1-4,6-12H,5H2. The molecule has 2 rings (SSSR count). The van der Waals surface area contributed by atoms with Gasteiger partial charge >= 0.3 is 5.97 Å². The molecule has 3 heteroatoms. The molecule has 99 valence electrons. The van der Waals surface area contributed by atoms with E-state index in [1.165, 1.54) is 6.08 Å². The van der Waals surface area contributed by atoms with E-state index in [4.69, 9.17) is 0 Å². The summed E-state index contributed by atoms with van der Waals surface area (Å²) in [5.74, 6) is -1.23. The van der Waals surface area contributed by atoms with Gasteiger partial charge in [-0.1, -0.05) is 60.7 Å². The van der Waals surface area contributed by atoms with E-state index in [1.54, 1.807) is 24.3 Å². The van der Waals surface area contributed by atoms with Crippen molar-refractivity contribution in [2.45, 2.75) is 6.42 Å². The molecule has 20 heavy (non-hydrogen) atoms. The van der Waals surface area contributed by atoms with Crippen molar-refractivity contribution in [1.29, 1.82) is 0 Å². The van der Waals surface area contributed by atoms with Gasteiger partial charge < -0.3 is 0 Å². The summed E-state index contributed by atoms with van der Waals surface area (Å²) >= 11 is 0. The summed E-state index contributed by atoms with van der Waals surface area (Å²) < 4.78 is 0. The van der Waals surface area contributed by atoms with Gasteiger partial charge in [-0.05, 0) is 12.0 Å². The van der Waals surface area contributed by atoms with E-state index in [0.717, 1.165) is 11.6 Å². The molecular weight excluding hydrogens is 252 g/mol. The molecule has 0 saturated carbocycles. The van der Waals surface area contributed by atoms with Crippen LogP contribution in [0.3, 0.4) is 0 Å². The van der Waals surface area contributed by atoms with E-state index in [-0.39, 0.29) is 5.78 Å². The summed E-state index contributed by atoms with van der Waals surface area (Å²) in [6.45, 7) is 0. The number of rotatable bonds is 5. The maximum Gasteiger partial charge on any atom is 0.378 e. The van der Waals surface area contributed by atoms with Gasteiger partial charge in [0.25, 0.3) is 0 Å². The fourth-order valence-corrected chi connectivity index (χ4v) is 1.84. The Morgan fingerprint density at radius 3 is 2.05 bits per heavy atom. The first-order valence-corrected chi connectivity index (χ1v) is 6.23. The van der Waals surface area contributed by atoms with Crippen molar-refractivity contribution in [2.24, 2.45) is 0 Å². The Balaban J connectivity index is 2.08. The number of ketones is 1. The number of carbonyl (C=O) groups excluding carboxylic acids is 2. The van der Waals surface area contributed by atoms with Crippen molar-refractivity contribution >= 4 is 11.8 Å². The molecule has 0 amide bonds. The van der Waals surface area contributed by atoms with Crippen LogP contribution >= 0.6 is 0 Å². The average Bonchev–Trinajstić information content (AvgIpc) is 2.48. The summed E-state index contributed by atoms with van der Waals surface area (Å²) in [5, 5.41) is 10.2. The first-order valence-electron chi connectivity index (χ1n) is 6.23. The van der Waals surface area contributed by atoms with Crippen LogP contribution in [0.5, 0.6) is 0 Å². The number of carbonyl (C=O) groups is 2. The van der Waals surface area contributed by atoms with Gasteiger partial charge in [-0.25, -0.2) is 9.90 Å². The molecule has 0 bridgehead atoms. The molecule has 0 aromatic heterocycles. The molecule has 0 unspecified atom stereocenters. The zero-order valence-electron chi connectivity index (χ0n) is 10.8.